The van der Waals surface area contributed by atoms with Crippen LogP contribution in [0.4, 0.5) is 0 Å². The number of aromatic nitrogens is 1. The van der Waals surface area contributed by atoms with Crippen molar-refractivity contribution in [3.63, 3.8) is 0 Å². The van der Waals surface area contributed by atoms with E-state index in [1.54, 1.807) is 26.4 Å². The number of methoxy groups -OCH3 is 6. The Labute approximate surface area is 256 Å². The lowest BCUT2D eigenvalue weighted by Crippen LogP contribution is -2.58. The number of aromatic amines is 1. The number of H-pyrrole nitrogens is 1. The Kier molecular flexibility index (Phi) is 8.34. The number of rotatable bonds is 8. The number of esters is 2. The van der Waals surface area contributed by atoms with Crippen LogP contribution in [-0.2, 0) is 25.4 Å². The van der Waals surface area contributed by atoms with Gasteiger partial charge in [-0.1, -0.05) is 0 Å². The highest BCUT2D eigenvalue weighted by Crippen LogP contribution is 2.51. The summed E-state index contributed by atoms with van der Waals surface area (Å²) in [5.74, 6) is 0.441. The maximum absolute atomic E-state index is 13.5. The fourth-order valence-electron chi connectivity index (χ4n) is 7.76. The summed E-state index contributed by atoms with van der Waals surface area (Å²) in [7, 11) is 9.10. The zero-order valence-electron chi connectivity index (χ0n) is 26.0. The van der Waals surface area contributed by atoms with Gasteiger partial charge in [0.15, 0.2) is 11.5 Å². The van der Waals surface area contributed by atoms with Crippen LogP contribution in [0.1, 0.15) is 40.5 Å². The number of piperidine rings is 1. The Balaban J connectivity index is 1.29. The van der Waals surface area contributed by atoms with Gasteiger partial charge in [0.25, 0.3) is 0 Å². The molecule has 11 heteroatoms. The Bertz CT molecular complexity index is 1530. The van der Waals surface area contributed by atoms with E-state index in [1.165, 1.54) is 45.1 Å². The fourth-order valence-corrected chi connectivity index (χ4v) is 7.76. The molecule has 2 aliphatic heterocycles. The summed E-state index contributed by atoms with van der Waals surface area (Å²) in [5, 5.41) is 1.21. The second-order valence-corrected chi connectivity index (χ2v) is 11.7. The van der Waals surface area contributed by atoms with Crippen molar-refractivity contribution in [2.45, 2.75) is 37.5 Å². The molecule has 3 aliphatic rings. The Morgan fingerprint density at radius 1 is 0.909 bits per heavy atom. The molecule has 2 fully saturated rings. The number of ether oxygens (including phenoxy) is 7. The molecular formula is C33H40N2O9. The van der Waals surface area contributed by atoms with Crippen molar-refractivity contribution in [3.05, 3.63) is 47.2 Å². The van der Waals surface area contributed by atoms with Crippen molar-refractivity contribution >= 4 is 22.8 Å². The molecule has 2 aromatic carbocycles. The van der Waals surface area contributed by atoms with E-state index in [4.69, 9.17) is 33.2 Å². The molecule has 6 atom stereocenters. The third kappa shape index (κ3) is 5.01. The van der Waals surface area contributed by atoms with Gasteiger partial charge >= 0.3 is 11.9 Å². The summed E-state index contributed by atoms with van der Waals surface area (Å²) >= 11 is 0. The summed E-state index contributed by atoms with van der Waals surface area (Å²) in [5.41, 5.74) is 3.83. The molecule has 11 nitrogen and oxygen atoms in total. The molecule has 1 saturated heterocycles. The first-order valence-corrected chi connectivity index (χ1v) is 14.9. The molecule has 236 valence electrons. The lowest BCUT2D eigenvalue weighted by atomic mass is 9.63. The third-order valence-electron chi connectivity index (χ3n) is 9.76. The van der Waals surface area contributed by atoms with Crippen LogP contribution >= 0.6 is 0 Å². The van der Waals surface area contributed by atoms with Crippen LogP contribution in [0.3, 0.4) is 0 Å². The van der Waals surface area contributed by atoms with E-state index in [0.29, 0.717) is 23.7 Å². The maximum Gasteiger partial charge on any atom is 0.338 e. The quantitative estimate of drug-likeness (QED) is 0.374. The van der Waals surface area contributed by atoms with Gasteiger partial charge in [-0.3, -0.25) is 9.69 Å². The van der Waals surface area contributed by atoms with Crippen molar-refractivity contribution in [3.8, 4) is 23.0 Å². The van der Waals surface area contributed by atoms with Gasteiger partial charge in [-0.2, -0.15) is 0 Å². The second-order valence-electron chi connectivity index (χ2n) is 11.7. The van der Waals surface area contributed by atoms with Crippen molar-refractivity contribution in [2.75, 3.05) is 55.7 Å². The summed E-state index contributed by atoms with van der Waals surface area (Å²) in [6, 6.07) is 9.40. The second kappa shape index (κ2) is 12.2. The normalized spacial score (nSPS) is 26.1. The van der Waals surface area contributed by atoms with Crippen LogP contribution in [0.25, 0.3) is 10.9 Å². The Hall–Kier alpha value is -3.96. The Morgan fingerprint density at radius 3 is 2.30 bits per heavy atom. The number of nitrogens with one attached hydrogen (secondary N) is 1. The van der Waals surface area contributed by atoms with E-state index in [1.807, 2.05) is 12.1 Å². The zero-order valence-corrected chi connectivity index (χ0v) is 26.0. The molecule has 0 amide bonds. The van der Waals surface area contributed by atoms with Crippen LogP contribution in [0.5, 0.6) is 23.0 Å². The minimum Gasteiger partial charge on any atom is -0.497 e. The number of carbonyl (C=O) groups is 2. The molecule has 1 aliphatic carbocycles. The van der Waals surface area contributed by atoms with E-state index in [2.05, 4.69) is 16.0 Å². The van der Waals surface area contributed by atoms with Gasteiger partial charge in [-0.25, -0.2) is 4.79 Å². The standard InChI is InChI=1S/C33H40N2O9/c1-38-19-7-8-20-21-9-10-35-16-18-13-27(44-32(36)17-11-25(39-2)30(41-4)26(12-17)40-3)31(42-5)28(33(37)43-6)22(18)15-24(35)29(21)34-23(20)14-19/h7-8,11-12,14,18,22,24,27-28,31,34H,9-10,13,15-16H2,1-6H3/t18-,22-,24+,27-,28+,31+/m1/s1. The minimum absolute atomic E-state index is 0.0170. The van der Waals surface area contributed by atoms with E-state index in [0.717, 1.165) is 37.2 Å². The molecule has 1 saturated carbocycles. The van der Waals surface area contributed by atoms with Gasteiger partial charge in [0.05, 0.1) is 53.1 Å². The minimum atomic E-state index is -0.670. The monoisotopic (exact) mass is 608 g/mol. The zero-order chi connectivity index (χ0) is 31.1. The smallest absolute Gasteiger partial charge is 0.338 e. The number of hydrogen-bond acceptors (Lipinski definition) is 10. The van der Waals surface area contributed by atoms with E-state index >= 15 is 0 Å². The molecule has 0 unspecified atom stereocenters. The Morgan fingerprint density at radius 2 is 1.66 bits per heavy atom. The van der Waals surface area contributed by atoms with E-state index < -0.39 is 24.1 Å². The summed E-state index contributed by atoms with van der Waals surface area (Å²) in [6.45, 7) is 1.68. The molecule has 1 aromatic heterocycles. The number of fused-ring (bicyclic) bond motifs is 6. The van der Waals surface area contributed by atoms with Crippen molar-refractivity contribution < 1.29 is 42.7 Å². The predicted octanol–water partition coefficient (Wildman–Crippen LogP) is 4.17. The molecule has 0 bridgehead atoms. The van der Waals surface area contributed by atoms with Gasteiger partial charge in [0.2, 0.25) is 5.75 Å². The largest absolute Gasteiger partial charge is 0.497 e. The van der Waals surface area contributed by atoms with Crippen molar-refractivity contribution in [1.29, 1.82) is 0 Å². The van der Waals surface area contributed by atoms with Crippen LogP contribution in [0.2, 0.25) is 0 Å². The lowest BCUT2D eigenvalue weighted by molar-refractivity contribution is -0.176. The maximum atomic E-state index is 13.5. The summed E-state index contributed by atoms with van der Waals surface area (Å²) in [4.78, 5) is 33.1. The molecule has 1 N–H and O–H groups in total. The van der Waals surface area contributed by atoms with Crippen molar-refractivity contribution in [2.24, 2.45) is 17.8 Å². The third-order valence-corrected chi connectivity index (χ3v) is 9.76. The van der Waals surface area contributed by atoms with Crippen LogP contribution in [0, 0.1) is 17.8 Å². The van der Waals surface area contributed by atoms with Gasteiger partial charge in [0, 0.05) is 42.9 Å². The summed E-state index contributed by atoms with van der Waals surface area (Å²) in [6.07, 6.45) is 0.920. The highest BCUT2D eigenvalue weighted by Gasteiger charge is 2.54. The highest BCUT2D eigenvalue weighted by molar-refractivity contribution is 5.91. The average Bonchev–Trinajstić information content (AvgIpc) is 3.43. The van der Waals surface area contributed by atoms with Crippen molar-refractivity contribution in [1.82, 2.24) is 9.88 Å². The first kappa shape index (κ1) is 30.1. The van der Waals surface area contributed by atoms with E-state index in [-0.39, 0.29) is 29.4 Å². The van der Waals surface area contributed by atoms with Gasteiger partial charge < -0.3 is 38.1 Å². The number of hydrogen-bond donors (Lipinski definition) is 1. The first-order chi connectivity index (χ1) is 21.3. The predicted molar refractivity (Wildman–Crippen MR) is 161 cm³/mol. The van der Waals surface area contributed by atoms with Gasteiger partial charge in [0.1, 0.15) is 18.0 Å². The SMILES string of the molecule is COC(=O)[C@H]1[C@@H]2C[C@H]3c4[nH]c5cc(OC)ccc5c4CCN3C[C@H]2C[C@@H](OC(=O)c2cc(OC)c(OC)c(OC)c2)[C@@H]1OC. The molecular weight excluding hydrogens is 568 g/mol. The van der Waals surface area contributed by atoms with Crippen LogP contribution < -0.4 is 18.9 Å². The highest BCUT2D eigenvalue weighted by atomic mass is 16.6. The number of nitrogens with zero attached hydrogens (tertiary/aromatic N) is 1. The summed E-state index contributed by atoms with van der Waals surface area (Å²) < 4.78 is 39.1. The number of benzene rings is 2. The topological polar surface area (TPSA) is 118 Å². The van der Waals surface area contributed by atoms with Gasteiger partial charge in [-0.15, -0.1) is 0 Å². The molecule has 6 rings (SSSR count). The average molecular weight is 609 g/mol. The van der Waals surface area contributed by atoms with Gasteiger partial charge in [-0.05, 0) is 60.9 Å². The van der Waals surface area contributed by atoms with E-state index in [9.17, 15) is 9.59 Å². The fraction of sp³-hybridized carbons (Fsp3) is 0.515. The van der Waals surface area contributed by atoms with Crippen LogP contribution in [0.15, 0.2) is 30.3 Å². The lowest BCUT2D eigenvalue weighted by Gasteiger charge is -2.52. The molecule has 0 spiro atoms. The number of carbonyl (C=O) groups excluding carboxylic acids is 2. The molecule has 44 heavy (non-hydrogen) atoms. The molecule has 0 radical (unpaired) electrons. The van der Waals surface area contributed by atoms with Crippen LogP contribution in [-0.4, -0.2) is 89.8 Å². The molecule has 3 heterocycles. The first-order valence-electron chi connectivity index (χ1n) is 14.9. The molecule has 3 aromatic rings.